The summed E-state index contributed by atoms with van der Waals surface area (Å²) in [5, 5.41) is 11.7. The van der Waals surface area contributed by atoms with Gasteiger partial charge in [0, 0.05) is 25.8 Å². The zero-order valence-electron chi connectivity index (χ0n) is 14.0. The normalized spacial score (nSPS) is 16.3. The van der Waals surface area contributed by atoms with Crippen molar-refractivity contribution in [3.63, 3.8) is 0 Å². The third kappa shape index (κ3) is 5.62. The second-order valence-electron chi connectivity index (χ2n) is 6.34. The molecule has 124 valence electrons. The average Bonchev–Trinajstić information content (AvgIpc) is 2.58. The first-order valence-corrected chi connectivity index (χ1v) is 8.10. The minimum Gasteiger partial charge on any atom is -0.350 e. The molecule has 0 atom stereocenters. The fourth-order valence-corrected chi connectivity index (χ4v) is 2.68. The number of nitriles is 1. The minimum absolute atomic E-state index is 0.162. The molecule has 1 aromatic heterocycles. The highest BCUT2D eigenvalue weighted by atomic mass is 16.1. The van der Waals surface area contributed by atoms with Crippen molar-refractivity contribution in [3.05, 3.63) is 29.6 Å². The number of likely N-dealkylation sites (tertiary alicyclic amines) is 1. The molecule has 1 aliphatic rings. The van der Waals surface area contributed by atoms with Crippen molar-refractivity contribution in [2.24, 2.45) is 5.92 Å². The molecule has 0 bridgehead atoms. The third-order valence-corrected chi connectivity index (χ3v) is 4.25. The van der Waals surface area contributed by atoms with Crippen LogP contribution < -0.4 is 5.32 Å². The molecule has 6 nitrogen and oxygen atoms in total. The van der Waals surface area contributed by atoms with E-state index in [1.165, 1.54) is 6.20 Å². The molecule has 6 heteroatoms. The zero-order chi connectivity index (χ0) is 16.7. The lowest BCUT2D eigenvalue weighted by Crippen LogP contribution is -2.41. The lowest BCUT2D eigenvalue weighted by Gasteiger charge is -2.32. The number of carbonyl (C=O) groups is 1. The van der Waals surface area contributed by atoms with Crippen molar-refractivity contribution < 1.29 is 4.79 Å². The fourth-order valence-electron chi connectivity index (χ4n) is 2.68. The minimum atomic E-state index is -0.162. The average molecular weight is 315 g/mol. The van der Waals surface area contributed by atoms with Gasteiger partial charge in [-0.3, -0.25) is 4.79 Å². The Morgan fingerprint density at radius 1 is 1.43 bits per heavy atom. The van der Waals surface area contributed by atoms with E-state index < -0.39 is 0 Å². The summed E-state index contributed by atoms with van der Waals surface area (Å²) in [5.74, 6) is 0.373. The second-order valence-corrected chi connectivity index (χ2v) is 6.34. The summed E-state index contributed by atoms with van der Waals surface area (Å²) in [6, 6.07) is 5.21. The quantitative estimate of drug-likeness (QED) is 0.846. The molecule has 0 aromatic carbocycles. The highest BCUT2D eigenvalue weighted by Crippen LogP contribution is 2.16. The third-order valence-electron chi connectivity index (χ3n) is 4.25. The van der Waals surface area contributed by atoms with Crippen LogP contribution in [0.2, 0.25) is 0 Å². The largest absolute Gasteiger partial charge is 0.350 e. The Morgan fingerprint density at radius 2 is 2.17 bits per heavy atom. The summed E-state index contributed by atoms with van der Waals surface area (Å²) in [4.78, 5) is 20.8. The summed E-state index contributed by atoms with van der Waals surface area (Å²) in [6.07, 6.45) is 3.67. The van der Waals surface area contributed by atoms with Gasteiger partial charge in [0.05, 0.1) is 5.56 Å². The predicted molar refractivity (Wildman–Crippen MR) is 89.0 cm³/mol. The van der Waals surface area contributed by atoms with Gasteiger partial charge in [-0.25, -0.2) is 4.98 Å². The van der Waals surface area contributed by atoms with E-state index in [4.69, 9.17) is 5.26 Å². The molecule has 1 fully saturated rings. The Kier molecular flexibility index (Phi) is 6.51. The van der Waals surface area contributed by atoms with Crippen LogP contribution in [0.3, 0.4) is 0 Å². The van der Waals surface area contributed by atoms with Gasteiger partial charge in [-0.15, -0.1) is 0 Å². The van der Waals surface area contributed by atoms with Crippen LogP contribution in [0.25, 0.3) is 0 Å². The van der Waals surface area contributed by atoms with Crippen LogP contribution in [0.1, 0.15) is 28.9 Å². The smallest absolute Gasteiger partial charge is 0.269 e. The van der Waals surface area contributed by atoms with Gasteiger partial charge >= 0.3 is 0 Å². The molecule has 1 aromatic rings. The molecule has 1 saturated heterocycles. The standard InChI is InChI=1S/C17H25N5O/c1-21(2)9-10-22-7-5-14(6-8-22)12-20-17(23)16-4-3-15(11-18)13-19-16/h3-4,13-14H,5-10,12H2,1-2H3,(H,20,23). The molecule has 0 unspecified atom stereocenters. The number of amides is 1. The molecule has 1 aliphatic heterocycles. The Morgan fingerprint density at radius 3 is 2.74 bits per heavy atom. The number of carbonyl (C=O) groups excluding carboxylic acids is 1. The molecule has 0 radical (unpaired) electrons. The highest BCUT2D eigenvalue weighted by molar-refractivity contribution is 5.92. The highest BCUT2D eigenvalue weighted by Gasteiger charge is 2.20. The maximum atomic E-state index is 12.1. The number of nitrogens with zero attached hydrogens (tertiary/aromatic N) is 4. The monoisotopic (exact) mass is 315 g/mol. The SMILES string of the molecule is CN(C)CCN1CCC(CNC(=O)c2ccc(C#N)cn2)CC1. The summed E-state index contributed by atoms with van der Waals surface area (Å²) < 4.78 is 0. The van der Waals surface area contributed by atoms with E-state index >= 15 is 0 Å². The van der Waals surface area contributed by atoms with Gasteiger partial charge in [0.1, 0.15) is 11.8 Å². The van der Waals surface area contributed by atoms with E-state index in [9.17, 15) is 4.79 Å². The van der Waals surface area contributed by atoms with Gasteiger partial charge in [0.2, 0.25) is 0 Å². The summed E-state index contributed by atoms with van der Waals surface area (Å²) in [6.45, 7) is 5.10. The van der Waals surface area contributed by atoms with E-state index in [-0.39, 0.29) is 5.91 Å². The van der Waals surface area contributed by atoms with Crippen LogP contribution in [0.15, 0.2) is 18.3 Å². The first-order chi connectivity index (χ1) is 11.1. The number of nitrogens with one attached hydrogen (secondary N) is 1. The number of hydrogen-bond acceptors (Lipinski definition) is 5. The maximum absolute atomic E-state index is 12.1. The van der Waals surface area contributed by atoms with Gasteiger partial charge in [0.25, 0.3) is 5.91 Å². The fraction of sp³-hybridized carbons (Fsp3) is 0.588. The Labute approximate surface area is 138 Å². The molecular weight excluding hydrogens is 290 g/mol. The zero-order valence-corrected chi connectivity index (χ0v) is 14.0. The first-order valence-electron chi connectivity index (χ1n) is 8.10. The van der Waals surface area contributed by atoms with Gasteiger partial charge in [-0.05, 0) is 58.1 Å². The summed E-state index contributed by atoms with van der Waals surface area (Å²) in [7, 11) is 4.19. The lowest BCUT2D eigenvalue weighted by atomic mass is 9.96. The van der Waals surface area contributed by atoms with E-state index in [1.54, 1.807) is 12.1 Å². The molecular formula is C17H25N5O. The van der Waals surface area contributed by atoms with Crippen molar-refractivity contribution in [1.29, 1.82) is 5.26 Å². The number of piperidine rings is 1. The molecule has 1 N–H and O–H groups in total. The van der Waals surface area contributed by atoms with Gasteiger partial charge in [0.15, 0.2) is 0 Å². The summed E-state index contributed by atoms with van der Waals surface area (Å²) >= 11 is 0. The topological polar surface area (TPSA) is 72.3 Å². The van der Waals surface area contributed by atoms with Crippen LogP contribution in [0.5, 0.6) is 0 Å². The Balaban J connectivity index is 1.70. The molecule has 0 spiro atoms. The van der Waals surface area contributed by atoms with Gasteiger partial charge in [-0.2, -0.15) is 5.26 Å². The predicted octanol–water partition coefficient (Wildman–Crippen LogP) is 0.957. The van der Waals surface area contributed by atoms with Crippen molar-refractivity contribution in [2.75, 3.05) is 46.8 Å². The number of aromatic nitrogens is 1. The number of rotatable bonds is 6. The van der Waals surface area contributed by atoms with Crippen LogP contribution in [0, 0.1) is 17.2 Å². The first kappa shape index (κ1) is 17.4. The van der Waals surface area contributed by atoms with Crippen LogP contribution in [-0.4, -0.2) is 67.5 Å². The molecule has 1 amide bonds. The van der Waals surface area contributed by atoms with Crippen LogP contribution >= 0.6 is 0 Å². The lowest BCUT2D eigenvalue weighted by molar-refractivity contribution is 0.0930. The second kappa shape index (κ2) is 8.61. The molecule has 2 rings (SSSR count). The Hall–Kier alpha value is -1.97. The molecule has 23 heavy (non-hydrogen) atoms. The van der Waals surface area contributed by atoms with Crippen LogP contribution in [0.4, 0.5) is 0 Å². The number of likely N-dealkylation sites (N-methyl/N-ethyl adjacent to an activating group) is 1. The number of hydrogen-bond donors (Lipinski definition) is 1. The van der Waals surface area contributed by atoms with E-state index in [2.05, 4.69) is 34.2 Å². The summed E-state index contributed by atoms with van der Waals surface area (Å²) in [5.41, 5.74) is 0.832. The van der Waals surface area contributed by atoms with Gasteiger partial charge in [-0.1, -0.05) is 0 Å². The van der Waals surface area contributed by atoms with Crippen LogP contribution in [-0.2, 0) is 0 Å². The molecule has 0 aliphatic carbocycles. The van der Waals surface area contributed by atoms with E-state index in [0.29, 0.717) is 23.7 Å². The number of pyridine rings is 1. The van der Waals surface area contributed by atoms with E-state index in [1.807, 2.05) is 6.07 Å². The maximum Gasteiger partial charge on any atom is 0.269 e. The van der Waals surface area contributed by atoms with Gasteiger partial charge < -0.3 is 15.1 Å². The van der Waals surface area contributed by atoms with Crippen molar-refractivity contribution in [1.82, 2.24) is 20.1 Å². The van der Waals surface area contributed by atoms with Crippen molar-refractivity contribution >= 4 is 5.91 Å². The van der Waals surface area contributed by atoms with Crippen molar-refractivity contribution in [3.8, 4) is 6.07 Å². The molecule has 0 saturated carbocycles. The van der Waals surface area contributed by atoms with Crippen molar-refractivity contribution in [2.45, 2.75) is 12.8 Å². The molecule has 2 heterocycles. The Bertz CT molecular complexity index is 541. The van der Waals surface area contributed by atoms with E-state index in [0.717, 1.165) is 39.0 Å².